The lowest BCUT2D eigenvalue weighted by atomic mass is 10.2. The Morgan fingerprint density at radius 2 is 1.94 bits per heavy atom. The quantitative estimate of drug-likeness (QED) is 0.888. The molecule has 94 valence electrons. The van der Waals surface area contributed by atoms with E-state index in [1.165, 1.54) is 5.54 Å². The van der Waals surface area contributed by atoms with Crippen LogP contribution in [0.5, 0.6) is 11.5 Å². The third-order valence-corrected chi connectivity index (χ3v) is 2.95. The van der Waals surface area contributed by atoms with Gasteiger partial charge in [0.2, 0.25) is 0 Å². The number of benzene rings is 1. The van der Waals surface area contributed by atoms with Crippen LogP contribution in [0.4, 0.5) is 5.69 Å². The number of hydrogen-bond acceptors (Lipinski definition) is 3. The van der Waals surface area contributed by atoms with Crippen molar-refractivity contribution in [2.75, 3.05) is 26.1 Å². The fourth-order valence-corrected chi connectivity index (χ4v) is 1.60. The van der Waals surface area contributed by atoms with Crippen LogP contribution in [0, 0.1) is 0 Å². The molecule has 3 nitrogen and oxygen atoms in total. The van der Waals surface area contributed by atoms with E-state index >= 15 is 0 Å². The highest BCUT2D eigenvalue weighted by molar-refractivity contribution is 6.36. The van der Waals surface area contributed by atoms with Crippen LogP contribution in [0.2, 0.25) is 5.02 Å². The average Bonchev–Trinajstić information content (AvgIpc) is 2.35. The topological polar surface area (TPSA) is 30.5 Å². The van der Waals surface area contributed by atoms with Gasteiger partial charge in [0.15, 0.2) is 0 Å². The van der Waals surface area contributed by atoms with Crippen molar-refractivity contribution in [2.24, 2.45) is 0 Å². The molecule has 17 heavy (non-hydrogen) atoms. The summed E-state index contributed by atoms with van der Waals surface area (Å²) in [5, 5.41) is 4.03. The number of hydrogen-bond donors (Lipinski definition) is 1. The van der Waals surface area contributed by atoms with E-state index in [-0.39, 0.29) is 0 Å². The van der Waals surface area contributed by atoms with E-state index in [0.717, 1.165) is 5.69 Å². The van der Waals surface area contributed by atoms with E-state index < -0.39 is 0 Å². The number of halogens is 3. The molecule has 0 aliphatic heterocycles. The van der Waals surface area contributed by atoms with Crippen LogP contribution in [0.25, 0.3) is 0 Å². The molecule has 0 aliphatic carbocycles. The van der Waals surface area contributed by atoms with Gasteiger partial charge in [-0.15, -0.1) is 0 Å². The molecule has 6 heteroatoms. The highest BCUT2D eigenvalue weighted by atomic mass is 35.5. The largest absolute Gasteiger partial charge is 0.495 e. The smallest absolute Gasteiger partial charge is 0.145 e. The number of rotatable bonds is 5. The molecule has 1 N–H and O–H groups in total. The fourth-order valence-electron chi connectivity index (χ4n) is 1.22. The van der Waals surface area contributed by atoms with Crippen molar-refractivity contribution in [3.05, 3.63) is 27.7 Å². The zero-order valence-electron chi connectivity index (χ0n) is 9.39. The van der Waals surface area contributed by atoms with E-state index in [1.54, 1.807) is 26.4 Å². The van der Waals surface area contributed by atoms with Crippen molar-refractivity contribution in [3.8, 4) is 11.5 Å². The van der Waals surface area contributed by atoms with Crippen LogP contribution in [-0.2, 0) is 0 Å². The minimum atomic E-state index is 0.393. The van der Waals surface area contributed by atoms with Gasteiger partial charge in [0.05, 0.1) is 31.5 Å². The Labute approximate surface area is 115 Å². The van der Waals surface area contributed by atoms with Crippen molar-refractivity contribution in [1.82, 2.24) is 0 Å². The lowest BCUT2D eigenvalue weighted by Gasteiger charge is -2.13. The van der Waals surface area contributed by atoms with Gasteiger partial charge in [-0.3, -0.25) is 0 Å². The summed E-state index contributed by atoms with van der Waals surface area (Å²) in [4.78, 5) is 0. The Hall–Kier alpha value is -0.770. The predicted octanol–water partition coefficient (Wildman–Crippen LogP) is 4.09. The number of nitrogens with one attached hydrogen (secondary N) is 1. The summed E-state index contributed by atoms with van der Waals surface area (Å²) < 4.78 is 10.3. The maximum absolute atomic E-state index is 6.01. The van der Waals surface area contributed by atoms with Crippen molar-refractivity contribution < 1.29 is 9.47 Å². The van der Waals surface area contributed by atoms with Crippen LogP contribution in [0.15, 0.2) is 22.7 Å². The molecular formula is C11H12Cl3NO2. The van der Waals surface area contributed by atoms with Gasteiger partial charge in [0.25, 0.3) is 0 Å². The summed E-state index contributed by atoms with van der Waals surface area (Å²) >= 11 is 17.3. The van der Waals surface area contributed by atoms with Crippen molar-refractivity contribution in [3.63, 3.8) is 0 Å². The van der Waals surface area contributed by atoms with Gasteiger partial charge in [0, 0.05) is 16.6 Å². The van der Waals surface area contributed by atoms with Crippen molar-refractivity contribution in [1.29, 1.82) is 0 Å². The highest BCUT2D eigenvalue weighted by Crippen LogP contribution is 2.35. The Morgan fingerprint density at radius 3 is 2.47 bits per heavy atom. The molecular weight excluding hydrogens is 284 g/mol. The van der Waals surface area contributed by atoms with Gasteiger partial charge in [0.1, 0.15) is 11.5 Å². The summed E-state index contributed by atoms with van der Waals surface area (Å²) in [5.74, 6) is 1.17. The molecule has 1 aromatic carbocycles. The zero-order valence-corrected chi connectivity index (χ0v) is 11.7. The Bertz CT molecular complexity index is 421. The van der Waals surface area contributed by atoms with Gasteiger partial charge in [-0.05, 0) is 6.07 Å². The molecule has 0 fully saturated rings. The van der Waals surface area contributed by atoms with E-state index in [0.29, 0.717) is 28.1 Å². The Kier molecular flexibility index (Phi) is 5.75. The van der Waals surface area contributed by atoms with Crippen LogP contribution >= 0.6 is 34.8 Å². The van der Waals surface area contributed by atoms with Gasteiger partial charge in [-0.1, -0.05) is 34.8 Å². The third kappa shape index (κ3) is 3.87. The van der Waals surface area contributed by atoms with Crippen molar-refractivity contribution >= 4 is 40.5 Å². The molecule has 0 amide bonds. The van der Waals surface area contributed by atoms with Gasteiger partial charge in [-0.2, -0.15) is 0 Å². The van der Waals surface area contributed by atoms with Crippen LogP contribution in [0.1, 0.15) is 0 Å². The Morgan fingerprint density at radius 1 is 1.29 bits per heavy atom. The highest BCUT2D eigenvalue weighted by Gasteiger charge is 2.09. The van der Waals surface area contributed by atoms with Gasteiger partial charge >= 0.3 is 0 Å². The molecule has 0 saturated carbocycles. The van der Waals surface area contributed by atoms with E-state index in [1.807, 2.05) is 0 Å². The maximum atomic E-state index is 6.01. The first-order valence-electron chi connectivity index (χ1n) is 4.72. The molecule has 0 bridgehead atoms. The second-order valence-electron chi connectivity index (χ2n) is 3.10. The van der Waals surface area contributed by atoms with E-state index in [9.17, 15) is 0 Å². The lowest BCUT2D eigenvalue weighted by Crippen LogP contribution is -2.03. The first kappa shape index (κ1) is 14.3. The molecule has 0 unspecified atom stereocenters. The molecule has 0 aromatic heterocycles. The SMILES string of the molecule is COc1cc(OC)c(NCC(Cl)=CCl)cc1Cl. The summed E-state index contributed by atoms with van der Waals surface area (Å²) in [6.45, 7) is 0.393. The number of anilines is 1. The van der Waals surface area contributed by atoms with Crippen LogP contribution in [0.3, 0.4) is 0 Å². The molecule has 0 aliphatic rings. The monoisotopic (exact) mass is 295 g/mol. The summed E-state index contributed by atoms with van der Waals surface area (Å²) in [6, 6.07) is 3.40. The molecule has 1 aromatic rings. The Balaban J connectivity index is 2.94. The standard InChI is InChI=1S/C11H12Cl3NO2/c1-16-10-4-11(17-2)9(3-8(10)14)15-6-7(13)5-12/h3-5,15H,6H2,1-2H3. The molecule has 0 atom stereocenters. The first-order valence-corrected chi connectivity index (χ1v) is 5.91. The summed E-state index contributed by atoms with van der Waals surface area (Å²) in [6.07, 6.45) is 0. The molecule has 0 radical (unpaired) electrons. The first-order chi connectivity index (χ1) is 8.12. The minimum absolute atomic E-state index is 0.393. The van der Waals surface area contributed by atoms with Gasteiger partial charge in [-0.25, -0.2) is 0 Å². The third-order valence-electron chi connectivity index (χ3n) is 2.04. The molecule has 0 spiro atoms. The van der Waals surface area contributed by atoms with Gasteiger partial charge < -0.3 is 14.8 Å². The summed E-state index contributed by atoms with van der Waals surface area (Å²) in [7, 11) is 3.10. The maximum Gasteiger partial charge on any atom is 0.145 e. The van der Waals surface area contributed by atoms with Crippen LogP contribution < -0.4 is 14.8 Å². The average molecular weight is 297 g/mol. The predicted molar refractivity (Wildman–Crippen MR) is 72.8 cm³/mol. The second kappa shape index (κ2) is 6.84. The number of ether oxygens (including phenoxy) is 2. The molecule has 0 saturated heterocycles. The van der Waals surface area contributed by atoms with Crippen molar-refractivity contribution in [2.45, 2.75) is 0 Å². The van der Waals surface area contributed by atoms with E-state index in [4.69, 9.17) is 44.3 Å². The summed E-state index contributed by atoms with van der Waals surface area (Å²) in [5.41, 5.74) is 2.02. The molecule has 1 rings (SSSR count). The van der Waals surface area contributed by atoms with E-state index in [2.05, 4.69) is 5.32 Å². The second-order valence-corrected chi connectivity index (χ2v) is 4.21. The minimum Gasteiger partial charge on any atom is -0.495 e. The lowest BCUT2D eigenvalue weighted by molar-refractivity contribution is 0.395. The number of methoxy groups -OCH3 is 2. The fraction of sp³-hybridized carbons (Fsp3) is 0.273. The molecule has 0 heterocycles. The van der Waals surface area contributed by atoms with Crippen LogP contribution in [-0.4, -0.2) is 20.8 Å². The zero-order chi connectivity index (χ0) is 12.8. The normalized spacial score (nSPS) is 11.2.